The van der Waals surface area contributed by atoms with E-state index in [0.29, 0.717) is 6.42 Å². The number of carbonyl (C=O) groups is 2. The lowest BCUT2D eigenvalue weighted by Crippen LogP contribution is -2.53. The lowest BCUT2D eigenvalue weighted by molar-refractivity contribution is -0.150. The highest BCUT2D eigenvalue weighted by Crippen LogP contribution is 2.34. The molecule has 1 aliphatic rings. The van der Waals surface area contributed by atoms with Gasteiger partial charge in [-0.25, -0.2) is 4.79 Å². The second kappa shape index (κ2) is 6.38. The lowest BCUT2D eigenvalue weighted by atomic mass is 10.0. The summed E-state index contributed by atoms with van der Waals surface area (Å²) in [5.74, 6) is -0.463. The first-order valence-electron chi connectivity index (χ1n) is 7.75. The molecule has 0 bridgehead atoms. The van der Waals surface area contributed by atoms with Crippen molar-refractivity contribution >= 4 is 23.3 Å². The smallest absolute Gasteiger partial charge is 0.329 e. The van der Waals surface area contributed by atoms with Gasteiger partial charge in [-0.1, -0.05) is 13.0 Å². The van der Waals surface area contributed by atoms with Crippen LogP contribution in [0.15, 0.2) is 18.2 Å². The quantitative estimate of drug-likeness (QED) is 0.869. The Bertz CT molecular complexity index is 583. The van der Waals surface area contributed by atoms with E-state index in [4.69, 9.17) is 4.74 Å². The largest absolute Gasteiger partial charge is 0.461 e. The van der Waals surface area contributed by atoms with Gasteiger partial charge >= 0.3 is 5.97 Å². The molecule has 0 spiro atoms. The monoisotopic (exact) mass is 304 g/mol. The molecular weight excluding hydrogens is 280 g/mol. The van der Waals surface area contributed by atoms with Crippen LogP contribution in [0.25, 0.3) is 0 Å². The van der Waals surface area contributed by atoms with Crippen LogP contribution in [0.1, 0.15) is 39.7 Å². The normalized spacial score (nSPS) is 18.7. The standard InChI is InChI=1S/C17H24N2O3/c1-6-14(17(21)22-10(2)3)19-15-8-7-11(4)9-13(15)18-12(5)16(19)20/h7-10,12,14,18H,6H2,1-5H3. The number of nitrogens with zero attached hydrogens (tertiary/aromatic N) is 1. The lowest BCUT2D eigenvalue weighted by Gasteiger charge is -2.38. The van der Waals surface area contributed by atoms with Crippen LogP contribution >= 0.6 is 0 Å². The number of nitrogens with one attached hydrogen (secondary N) is 1. The summed E-state index contributed by atoms with van der Waals surface area (Å²) in [6, 6.07) is 4.85. The molecule has 5 heteroatoms. The van der Waals surface area contributed by atoms with Crippen molar-refractivity contribution in [2.75, 3.05) is 10.2 Å². The van der Waals surface area contributed by atoms with Crippen molar-refractivity contribution in [1.29, 1.82) is 0 Å². The molecule has 5 nitrogen and oxygen atoms in total. The molecule has 0 aliphatic carbocycles. The Hall–Kier alpha value is -2.04. The van der Waals surface area contributed by atoms with Crippen molar-refractivity contribution in [2.45, 2.75) is 59.2 Å². The fourth-order valence-corrected chi connectivity index (χ4v) is 2.68. The van der Waals surface area contributed by atoms with Crippen LogP contribution in [0.3, 0.4) is 0 Å². The van der Waals surface area contributed by atoms with Gasteiger partial charge in [0.05, 0.1) is 17.5 Å². The maximum Gasteiger partial charge on any atom is 0.329 e. The molecule has 0 fully saturated rings. The van der Waals surface area contributed by atoms with E-state index in [0.717, 1.165) is 16.9 Å². The third-order valence-corrected chi connectivity index (χ3v) is 3.71. The van der Waals surface area contributed by atoms with Gasteiger partial charge in [-0.05, 0) is 51.8 Å². The van der Waals surface area contributed by atoms with Crippen LogP contribution < -0.4 is 10.2 Å². The minimum Gasteiger partial charge on any atom is -0.461 e. The van der Waals surface area contributed by atoms with Crippen molar-refractivity contribution in [3.05, 3.63) is 23.8 Å². The molecule has 0 aromatic heterocycles. The van der Waals surface area contributed by atoms with Crippen molar-refractivity contribution in [3.8, 4) is 0 Å². The summed E-state index contributed by atoms with van der Waals surface area (Å²) in [6.45, 7) is 9.31. The summed E-state index contributed by atoms with van der Waals surface area (Å²) < 4.78 is 5.33. The van der Waals surface area contributed by atoms with Gasteiger partial charge in [0.1, 0.15) is 12.1 Å². The molecule has 1 aliphatic heterocycles. The Morgan fingerprint density at radius 1 is 1.41 bits per heavy atom. The Balaban J connectivity index is 2.43. The fourth-order valence-electron chi connectivity index (χ4n) is 2.68. The van der Waals surface area contributed by atoms with E-state index in [9.17, 15) is 9.59 Å². The van der Waals surface area contributed by atoms with E-state index in [1.807, 2.05) is 45.9 Å². The number of fused-ring (bicyclic) bond motifs is 1. The molecule has 0 saturated carbocycles. The van der Waals surface area contributed by atoms with Gasteiger partial charge in [-0.15, -0.1) is 0 Å². The molecule has 1 amide bonds. The first-order chi connectivity index (χ1) is 10.3. The van der Waals surface area contributed by atoms with Gasteiger partial charge in [0.25, 0.3) is 0 Å². The summed E-state index contributed by atoms with van der Waals surface area (Å²) in [5, 5.41) is 3.20. The van der Waals surface area contributed by atoms with Crippen LogP contribution in [-0.4, -0.2) is 30.1 Å². The molecule has 1 N–H and O–H groups in total. The van der Waals surface area contributed by atoms with E-state index in [1.54, 1.807) is 11.8 Å². The molecule has 0 radical (unpaired) electrons. The number of rotatable bonds is 4. The highest BCUT2D eigenvalue weighted by molar-refractivity contribution is 6.08. The summed E-state index contributed by atoms with van der Waals surface area (Å²) in [5.41, 5.74) is 2.72. The molecule has 2 atom stereocenters. The second-order valence-corrected chi connectivity index (χ2v) is 6.00. The molecule has 1 aromatic rings. The van der Waals surface area contributed by atoms with Crippen LogP contribution in [0, 0.1) is 6.92 Å². The summed E-state index contributed by atoms with van der Waals surface area (Å²) in [7, 11) is 0. The zero-order valence-electron chi connectivity index (χ0n) is 13.8. The number of hydrogen-bond acceptors (Lipinski definition) is 4. The van der Waals surface area contributed by atoms with Gasteiger partial charge in [0, 0.05) is 0 Å². The molecule has 1 heterocycles. The molecule has 2 rings (SSSR count). The minimum absolute atomic E-state index is 0.107. The average Bonchev–Trinajstić information content (AvgIpc) is 2.42. The van der Waals surface area contributed by atoms with Crippen molar-refractivity contribution < 1.29 is 14.3 Å². The molecule has 0 saturated heterocycles. The summed E-state index contributed by atoms with van der Waals surface area (Å²) in [4.78, 5) is 26.6. The first kappa shape index (κ1) is 16.3. The van der Waals surface area contributed by atoms with Gasteiger partial charge in [0.15, 0.2) is 0 Å². The van der Waals surface area contributed by atoms with Crippen molar-refractivity contribution in [1.82, 2.24) is 0 Å². The Morgan fingerprint density at radius 2 is 2.09 bits per heavy atom. The molecule has 22 heavy (non-hydrogen) atoms. The van der Waals surface area contributed by atoms with Crippen molar-refractivity contribution in [3.63, 3.8) is 0 Å². The summed E-state index contributed by atoms with van der Waals surface area (Å²) in [6.07, 6.45) is 0.312. The number of esters is 1. The number of hydrogen-bond donors (Lipinski definition) is 1. The number of anilines is 2. The number of aryl methyl sites for hydroxylation is 1. The van der Waals surface area contributed by atoms with Crippen molar-refractivity contribution in [2.24, 2.45) is 0 Å². The summed E-state index contributed by atoms with van der Waals surface area (Å²) >= 11 is 0. The number of amides is 1. The maximum atomic E-state index is 12.6. The van der Waals surface area contributed by atoms with Crippen LogP contribution in [-0.2, 0) is 14.3 Å². The molecule has 1 aromatic carbocycles. The van der Waals surface area contributed by atoms with E-state index in [1.165, 1.54) is 0 Å². The zero-order valence-corrected chi connectivity index (χ0v) is 13.8. The topological polar surface area (TPSA) is 58.6 Å². The van der Waals surface area contributed by atoms with Crippen LogP contribution in [0.5, 0.6) is 0 Å². The van der Waals surface area contributed by atoms with E-state index in [-0.39, 0.29) is 24.0 Å². The van der Waals surface area contributed by atoms with Gasteiger partial charge in [-0.3, -0.25) is 9.69 Å². The predicted molar refractivity (Wildman–Crippen MR) is 87.1 cm³/mol. The van der Waals surface area contributed by atoms with E-state index >= 15 is 0 Å². The number of ether oxygens (including phenoxy) is 1. The van der Waals surface area contributed by atoms with E-state index < -0.39 is 6.04 Å². The fraction of sp³-hybridized carbons (Fsp3) is 0.529. The highest BCUT2D eigenvalue weighted by atomic mass is 16.5. The Morgan fingerprint density at radius 3 is 2.68 bits per heavy atom. The number of carbonyl (C=O) groups excluding carboxylic acids is 2. The maximum absolute atomic E-state index is 12.6. The minimum atomic E-state index is -0.596. The third-order valence-electron chi connectivity index (χ3n) is 3.71. The number of benzene rings is 1. The first-order valence-corrected chi connectivity index (χ1v) is 7.75. The molecule has 120 valence electrons. The van der Waals surface area contributed by atoms with Gasteiger partial charge in [-0.2, -0.15) is 0 Å². The average molecular weight is 304 g/mol. The second-order valence-electron chi connectivity index (χ2n) is 6.00. The van der Waals surface area contributed by atoms with Gasteiger partial charge < -0.3 is 10.1 Å². The SMILES string of the molecule is CCC(C(=O)OC(C)C)N1C(=O)C(C)Nc2cc(C)ccc21. The Labute approximate surface area is 131 Å². The third kappa shape index (κ3) is 3.08. The van der Waals surface area contributed by atoms with Gasteiger partial charge in [0.2, 0.25) is 5.91 Å². The predicted octanol–water partition coefficient (Wildman–Crippen LogP) is 2.87. The highest BCUT2D eigenvalue weighted by Gasteiger charge is 2.38. The van der Waals surface area contributed by atoms with Crippen LogP contribution in [0.2, 0.25) is 0 Å². The van der Waals surface area contributed by atoms with Crippen LogP contribution in [0.4, 0.5) is 11.4 Å². The molecular formula is C17H24N2O3. The molecule has 2 unspecified atom stereocenters. The zero-order chi connectivity index (χ0) is 16.4. The van der Waals surface area contributed by atoms with E-state index in [2.05, 4.69) is 5.32 Å². The Kier molecular flexibility index (Phi) is 4.74.